The Morgan fingerprint density at radius 1 is 1.19 bits per heavy atom. The zero-order valence-electron chi connectivity index (χ0n) is 18.0. The van der Waals surface area contributed by atoms with Crippen LogP contribution in [0.5, 0.6) is 5.75 Å². The molecule has 3 aromatic rings. The van der Waals surface area contributed by atoms with E-state index >= 15 is 0 Å². The fourth-order valence-electron chi connectivity index (χ4n) is 3.65. The van der Waals surface area contributed by atoms with Gasteiger partial charge in [-0.25, -0.2) is 4.98 Å². The zero-order valence-corrected chi connectivity index (χ0v) is 18.8. The van der Waals surface area contributed by atoms with Crippen LogP contribution in [0.3, 0.4) is 0 Å². The quantitative estimate of drug-likeness (QED) is 0.502. The van der Waals surface area contributed by atoms with Crippen LogP contribution in [0.15, 0.2) is 48.5 Å². The number of aromatic nitrogens is 1. The lowest BCUT2D eigenvalue weighted by atomic mass is 10.2. The molecule has 1 aliphatic rings. The number of benzene rings is 2. The highest BCUT2D eigenvalue weighted by Crippen LogP contribution is 2.30. The van der Waals surface area contributed by atoms with Gasteiger partial charge in [0.15, 0.2) is 5.13 Å². The highest BCUT2D eigenvalue weighted by Gasteiger charge is 2.20. The Labute approximate surface area is 187 Å². The predicted molar refractivity (Wildman–Crippen MR) is 125 cm³/mol. The molecule has 0 spiro atoms. The molecular formula is C24H29N3O3S. The van der Waals surface area contributed by atoms with Crippen molar-refractivity contribution in [3.8, 4) is 5.75 Å². The summed E-state index contributed by atoms with van der Waals surface area (Å²) in [6.45, 7) is 7.53. The second-order valence-electron chi connectivity index (χ2n) is 7.73. The van der Waals surface area contributed by atoms with Gasteiger partial charge in [0.2, 0.25) is 5.91 Å². The lowest BCUT2D eigenvalue weighted by Gasteiger charge is -2.27. The molecule has 0 bridgehead atoms. The Hall–Kier alpha value is -2.48. The molecule has 0 saturated carbocycles. The van der Waals surface area contributed by atoms with Crippen LogP contribution in [-0.4, -0.2) is 61.8 Å². The number of rotatable bonds is 9. The van der Waals surface area contributed by atoms with E-state index in [0.717, 1.165) is 60.4 Å². The topological polar surface area (TPSA) is 54.9 Å². The van der Waals surface area contributed by atoms with Crippen LogP contribution in [0.25, 0.3) is 10.2 Å². The van der Waals surface area contributed by atoms with E-state index in [1.807, 2.05) is 41.3 Å². The molecular weight excluding hydrogens is 410 g/mol. The summed E-state index contributed by atoms with van der Waals surface area (Å²) in [5.41, 5.74) is 2.14. The van der Waals surface area contributed by atoms with Crippen LogP contribution in [0, 0.1) is 6.92 Å². The van der Waals surface area contributed by atoms with Crippen molar-refractivity contribution in [1.82, 2.24) is 9.88 Å². The van der Waals surface area contributed by atoms with Crippen LogP contribution in [0.1, 0.15) is 18.4 Å². The third-order valence-electron chi connectivity index (χ3n) is 5.35. The summed E-state index contributed by atoms with van der Waals surface area (Å²) >= 11 is 1.58. The molecule has 164 valence electrons. The van der Waals surface area contributed by atoms with E-state index in [4.69, 9.17) is 14.5 Å². The van der Waals surface area contributed by atoms with Gasteiger partial charge in [0.25, 0.3) is 0 Å². The fraction of sp³-hybridized carbons (Fsp3) is 0.417. The molecule has 0 atom stereocenters. The number of para-hydroxylation sites is 1. The van der Waals surface area contributed by atoms with Crippen molar-refractivity contribution >= 4 is 32.6 Å². The lowest BCUT2D eigenvalue weighted by molar-refractivity contribution is -0.119. The molecule has 1 amide bonds. The van der Waals surface area contributed by atoms with E-state index in [-0.39, 0.29) is 5.91 Å². The molecule has 1 aromatic heterocycles. The average molecular weight is 440 g/mol. The molecule has 7 heteroatoms. The van der Waals surface area contributed by atoms with E-state index in [0.29, 0.717) is 19.6 Å². The second-order valence-corrected chi connectivity index (χ2v) is 8.74. The number of thiazole rings is 1. The predicted octanol–water partition coefficient (Wildman–Crippen LogP) is 4.13. The number of ether oxygens (including phenoxy) is 2. The molecule has 0 aliphatic carbocycles. The highest BCUT2D eigenvalue weighted by atomic mass is 32.1. The van der Waals surface area contributed by atoms with Crippen LogP contribution in [0.2, 0.25) is 0 Å². The number of amides is 1. The summed E-state index contributed by atoms with van der Waals surface area (Å²) in [6, 6.07) is 15.8. The molecule has 2 heterocycles. The number of nitrogens with zero attached hydrogens (tertiary/aromatic N) is 3. The van der Waals surface area contributed by atoms with E-state index in [2.05, 4.69) is 24.0 Å². The molecule has 31 heavy (non-hydrogen) atoms. The van der Waals surface area contributed by atoms with Crippen LogP contribution in [-0.2, 0) is 9.53 Å². The van der Waals surface area contributed by atoms with Gasteiger partial charge >= 0.3 is 0 Å². The molecule has 2 aromatic carbocycles. The van der Waals surface area contributed by atoms with Gasteiger partial charge in [-0.05, 0) is 43.2 Å². The van der Waals surface area contributed by atoms with Crippen molar-refractivity contribution in [2.24, 2.45) is 0 Å². The summed E-state index contributed by atoms with van der Waals surface area (Å²) in [5, 5.41) is 0.771. The molecule has 1 saturated heterocycles. The van der Waals surface area contributed by atoms with Gasteiger partial charge in [-0.15, -0.1) is 0 Å². The number of morpholine rings is 1. The number of anilines is 1. The van der Waals surface area contributed by atoms with Crippen molar-refractivity contribution in [2.75, 3.05) is 50.9 Å². The van der Waals surface area contributed by atoms with Crippen LogP contribution in [0.4, 0.5) is 5.13 Å². The molecule has 1 fully saturated rings. The van der Waals surface area contributed by atoms with E-state index in [1.165, 1.54) is 5.56 Å². The van der Waals surface area contributed by atoms with Crippen molar-refractivity contribution < 1.29 is 14.3 Å². The highest BCUT2D eigenvalue weighted by molar-refractivity contribution is 7.22. The molecule has 0 unspecified atom stereocenters. The van der Waals surface area contributed by atoms with Crippen molar-refractivity contribution in [3.63, 3.8) is 0 Å². The van der Waals surface area contributed by atoms with Gasteiger partial charge in [-0.3, -0.25) is 14.6 Å². The van der Waals surface area contributed by atoms with Gasteiger partial charge in [-0.1, -0.05) is 35.6 Å². The number of carbonyl (C=O) groups excluding carboxylic acids is 1. The smallest absolute Gasteiger partial charge is 0.232 e. The summed E-state index contributed by atoms with van der Waals surface area (Å²) < 4.78 is 12.3. The number of hydrogen-bond acceptors (Lipinski definition) is 6. The minimum atomic E-state index is 0.0497. The van der Waals surface area contributed by atoms with Crippen LogP contribution >= 0.6 is 11.3 Å². The maximum absolute atomic E-state index is 13.1. The van der Waals surface area contributed by atoms with Crippen molar-refractivity contribution in [2.45, 2.75) is 19.8 Å². The van der Waals surface area contributed by atoms with Gasteiger partial charge < -0.3 is 9.47 Å². The van der Waals surface area contributed by atoms with E-state index in [9.17, 15) is 4.79 Å². The number of hydrogen-bond donors (Lipinski definition) is 0. The Bertz CT molecular complexity index is 986. The zero-order chi connectivity index (χ0) is 21.5. The Morgan fingerprint density at radius 2 is 2.00 bits per heavy atom. The van der Waals surface area contributed by atoms with Crippen molar-refractivity contribution in [1.29, 1.82) is 0 Å². The number of carbonyl (C=O) groups is 1. The number of fused-ring (bicyclic) bond motifs is 1. The Morgan fingerprint density at radius 3 is 2.81 bits per heavy atom. The molecule has 6 nitrogen and oxygen atoms in total. The van der Waals surface area contributed by atoms with E-state index < -0.39 is 0 Å². The minimum Gasteiger partial charge on any atom is -0.493 e. The molecule has 1 aliphatic heterocycles. The molecule has 0 radical (unpaired) electrons. The first-order valence-corrected chi connectivity index (χ1v) is 11.7. The summed E-state index contributed by atoms with van der Waals surface area (Å²) in [4.78, 5) is 22.1. The molecule has 0 N–H and O–H groups in total. The standard InChI is InChI=1S/C24H29N3O3S/c1-19-8-9-21-22(18-19)31-24(25-21)27(12-5-11-26-13-16-29-17-14-26)23(28)10-15-30-20-6-3-2-4-7-20/h2-4,6-9,18H,5,10-17H2,1H3. The maximum Gasteiger partial charge on any atom is 0.232 e. The minimum absolute atomic E-state index is 0.0497. The van der Waals surface area contributed by atoms with Gasteiger partial charge in [-0.2, -0.15) is 0 Å². The second kappa shape index (κ2) is 10.7. The average Bonchev–Trinajstić information content (AvgIpc) is 3.20. The maximum atomic E-state index is 13.1. The summed E-state index contributed by atoms with van der Waals surface area (Å²) in [6.07, 6.45) is 1.22. The normalized spacial score (nSPS) is 14.6. The fourth-order valence-corrected chi connectivity index (χ4v) is 4.75. The Kier molecular flexibility index (Phi) is 7.51. The van der Waals surface area contributed by atoms with Gasteiger partial charge in [0.1, 0.15) is 5.75 Å². The third kappa shape index (κ3) is 6.03. The summed E-state index contributed by atoms with van der Waals surface area (Å²) in [5.74, 6) is 0.832. The van der Waals surface area contributed by atoms with Crippen LogP contribution < -0.4 is 9.64 Å². The SMILES string of the molecule is Cc1ccc2nc(N(CCCN3CCOCC3)C(=O)CCOc3ccccc3)sc2c1. The number of aryl methyl sites for hydroxylation is 1. The monoisotopic (exact) mass is 439 g/mol. The summed E-state index contributed by atoms with van der Waals surface area (Å²) in [7, 11) is 0. The van der Waals surface area contributed by atoms with Gasteiger partial charge in [0.05, 0.1) is 36.5 Å². The lowest BCUT2D eigenvalue weighted by Crippen LogP contribution is -2.39. The van der Waals surface area contributed by atoms with Crippen molar-refractivity contribution in [3.05, 3.63) is 54.1 Å². The van der Waals surface area contributed by atoms with E-state index in [1.54, 1.807) is 11.3 Å². The van der Waals surface area contributed by atoms with Gasteiger partial charge in [0, 0.05) is 26.2 Å². The first-order chi connectivity index (χ1) is 15.2. The first kappa shape index (κ1) is 21.7. The first-order valence-electron chi connectivity index (χ1n) is 10.8. The third-order valence-corrected chi connectivity index (χ3v) is 6.39. The largest absolute Gasteiger partial charge is 0.493 e. The molecule has 4 rings (SSSR count). The Balaban J connectivity index is 1.42.